The summed E-state index contributed by atoms with van der Waals surface area (Å²) >= 11 is 0. The Hall–Kier alpha value is -3.23. The Bertz CT molecular complexity index is 885. The molecule has 6 nitrogen and oxygen atoms in total. The second-order valence-electron chi connectivity index (χ2n) is 6.15. The van der Waals surface area contributed by atoms with E-state index in [9.17, 15) is 22.8 Å². The normalized spacial score (nSPS) is 15.6. The van der Waals surface area contributed by atoms with Gasteiger partial charge in [-0.3, -0.25) is 9.59 Å². The first-order chi connectivity index (χ1) is 13.3. The van der Waals surface area contributed by atoms with E-state index in [0.717, 1.165) is 17.0 Å². The second kappa shape index (κ2) is 7.79. The number of para-hydroxylation sites is 3. The molecule has 0 spiro atoms. The highest BCUT2D eigenvalue weighted by molar-refractivity contribution is 5.95. The van der Waals surface area contributed by atoms with Crippen LogP contribution in [-0.4, -0.2) is 43.0 Å². The summed E-state index contributed by atoms with van der Waals surface area (Å²) in [5, 5.41) is 2.20. The summed E-state index contributed by atoms with van der Waals surface area (Å²) < 4.78 is 50.1. The van der Waals surface area contributed by atoms with Crippen molar-refractivity contribution in [2.45, 2.75) is 12.3 Å². The van der Waals surface area contributed by atoms with Crippen molar-refractivity contribution in [3.63, 3.8) is 0 Å². The number of halogens is 3. The lowest BCUT2D eigenvalue weighted by molar-refractivity contribution is -0.142. The van der Waals surface area contributed by atoms with Crippen LogP contribution < -0.4 is 14.8 Å². The lowest BCUT2D eigenvalue weighted by atomic mass is 10.1. The maximum atomic E-state index is 13.0. The molecule has 1 aliphatic rings. The van der Waals surface area contributed by atoms with E-state index in [-0.39, 0.29) is 12.3 Å². The fraction of sp³-hybridized carbons (Fsp3) is 0.263. The number of carbonyl (C=O) groups excluding carboxylic acids is 2. The summed E-state index contributed by atoms with van der Waals surface area (Å²) in [5.41, 5.74) is -1.33. The average molecular weight is 394 g/mol. The number of likely N-dealkylation sites (N-methyl/N-ethyl adjacent to an activating group) is 1. The fourth-order valence-electron chi connectivity index (χ4n) is 2.71. The first-order valence-corrected chi connectivity index (χ1v) is 8.35. The molecule has 0 saturated heterocycles. The van der Waals surface area contributed by atoms with Crippen LogP contribution in [-0.2, 0) is 15.8 Å². The molecule has 2 aromatic rings. The molecule has 0 aliphatic carbocycles. The molecule has 2 amide bonds. The molecule has 1 N–H and O–H groups in total. The van der Waals surface area contributed by atoms with Gasteiger partial charge in [-0.15, -0.1) is 0 Å². The van der Waals surface area contributed by atoms with Crippen molar-refractivity contribution in [3.8, 4) is 11.5 Å². The van der Waals surface area contributed by atoms with Gasteiger partial charge in [-0.25, -0.2) is 0 Å². The number of ether oxygens (including phenoxy) is 2. The topological polar surface area (TPSA) is 67.9 Å². The van der Waals surface area contributed by atoms with Gasteiger partial charge in [0, 0.05) is 7.05 Å². The molecule has 1 atom stereocenters. The maximum Gasteiger partial charge on any atom is 0.418 e. The van der Waals surface area contributed by atoms with Crippen molar-refractivity contribution in [3.05, 3.63) is 54.1 Å². The monoisotopic (exact) mass is 394 g/mol. The van der Waals surface area contributed by atoms with Gasteiger partial charge in [-0.05, 0) is 24.3 Å². The maximum absolute atomic E-state index is 13.0. The van der Waals surface area contributed by atoms with Crippen molar-refractivity contribution in [1.29, 1.82) is 0 Å². The summed E-state index contributed by atoms with van der Waals surface area (Å²) in [7, 11) is 1.36. The third kappa shape index (κ3) is 4.36. The molecule has 2 aromatic carbocycles. The molecule has 0 unspecified atom stereocenters. The van der Waals surface area contributed by atoms with Crippen LogP contribution in [0, 0.1) is 0 Å². The Morgan fingerprint density at radius 3 is 2.46 bits per heavy atom. The smallest absolute Gasteiger partial charge is 0.418 e. The zero-order valence-electron chi connectivity index (χ0n) is 14.8. The zero-order valence-corrected chi connectivity index (χ0v) is 14.8. The van der Waals surface area contributed by atoms with Gasteiger partial charge in [0.05, 0.1) is 17.8 Å². The van der Waals surface area contributed by atoms with Crippen LogP contribution in [0.5, 0.6) is 11.5 Å². The van der Waals surface area contributed by atoms with Crippen molar-refractivity contribution in [2.24, 2.45) is 0 Å². The summed E-state index contributed by atoms with van der Waals surface area (Å²) in [4.78, 5) is 25.7. The molecule has 0 aromatic heterocycles. The van der Waals surface area contributed by atoms with E-state index in [2.05, 4.69) is 5.32 Å². The molecule has 28 heavy (non-hydrogen) atoms. The minimum atomic E-state index is -4.60. The number of hydrogen-bond donors (Lipinski definition) is 1. The highest BCUT2D eigenvalue weighted by Crippen LogP contribution is 2.34. The lowest BCUT2D eigenvalue weighted by Gasteiger charge is -2.28. The number of rotatable bonds is 4. The lowest BCUT2D eigenvalue weighted by Crippen LogP contribution is -2.47. The number of hydrogen-bond acceptors (Lipinski definition) is 4. The number of benzene rings is 2. The predicted octanol–water partition coefficient (Wildman–Crippen LogP) is 2.94. The van der Waals surface area contributed by atoms with Gasteiger partial charge in [0.2, 0.25) is 12.0 Å². The van der Waals surface area contributed by atoms with Gasteiger partial charge < -0.3 is 19.7 Å². The van der Waals surface area contributed by atoms with Gasteiger partial charge in [-0.1, -0.05) is 24.3 Å². The molecule has 3 rings (SSSR count). The van der Waals surface area contributed by atoms with Crippen molar-refractivity contribution < 1.29 is 32.2 Å². The Labute approximate surface area is 158 Å². The Morgan fingerprint density at radius 2 is 1.75 bits per heavy atom. The van der Waals surface area contributed by atoms with Gasteiger partial charge in [0.15, 0.2) is 11.5 Å². The quantitative estimate of drug-likeness (QED) is 0.866. The zero-order chi connectivity index (χ0) is 20.3. The Morgan fingerprint density at radius 1 is 1.11 bits per heavy atom. The van der Waals surface area contributed by atoms with E-state index in [1.165, 1.54) is 19.2 Å². The van der Waals surface area contributed by atoms with Crippen LogP contribution in [0.4, 0.5) is 18.9 Å². The molecule has 0 radical (unpaired) electrons. The molecule has 0 fully saturated rings. The highest BCUT2D eigenvalue weighted by atomic mass is 19.4. The molecular weight excluding hydrogens is 377 g/mol. The van der Waals surface area contributed by atoms with Gasteiger partial charge in [0.1, 0.15) is 6.61 Å². The number of nitrogens with zero attached hydrogens (tertiary/aromatic N) is 1. The summed E-state index contributed by atoms with van der Waals surface area (Å²) in [6.45, 7) is -0.467. The van der Waals surface area contributed by atoms with Crippen LogP contribution >= 0.6 is 0 Å². The van der Waals surface area contributed by atoms with Crippen LogP contribution in [0.25, 0.3) is 0 Å². The summed E-state index contributed by atoms with van der Waals surface area (Å²) in [5.74, 6) is -0.363. The number of amides is 2. The van der Waals surface area contributed by atoms with E-state index in [1.54, 1.807) is 24.3 Å². The average Bonchev–Trinajstić information content (AvgIpc) is 2.66. The molecular formula is C19H17F3N2O4. The molecule has 1 heterocycles. The molecule has 9 heteroatoms. The molecule has 0 bridgehead atoms. The first-order valence-electron chi connectivity index (χ1n) is 8.35. The van der Waals surface area contributed by atoms with Crippen LogP contribution in [0.3, 0.4) is 0 Å². The third-order valence-electron chi connectivity index (χ3n) is 4.05. The van der Waals surface area contributed by atoms with Crippen LogP contribution in [0.2, 0.25) is 0 Å². The van der Waals surface area contributed by atoms with Gasteiger partial charge >= 0.3 is 6.18 Å². The van der Waals surface area contributed by atoms with Crippen LogP contribution in [0.1, 0.15) is 5.56 Å². The SMILES string of the molecule is CN(CC(=O)Nc1ccccc1C(F)(F)F)C(=O)[C@H]1COc2ccccc2O1. The van der Waals surface area contributed by atoms with E-state index in [0.29, 0.717) is 11.5 Å². The molecule has 1 aliphatic heterocycles. The van der Waals surface area contributed by atoms with Crippen molar-refractivity contribution >= 4 is 17.5 Å². The number of fused-ring (bicyclic) bond motifs is 1. The molecule has 148 valence electrons. The van der Waals surface area contributed by atoms with Gasteiger partial charge in [-0.2, -0.15) is 13.2 Å². The predicted molar refractivity (Wildman–Crippen MR) is 94.1 cm³/mol. The summed E-state index contributed by atoms with van der Waals surface area (Å²) in [6.07, 6.45) is -5.55. The number of alkyl halides is 3. The minimum absolute atomic E-state index is 0.0291. The second-order valence-corrected chi connectivity index (χ2v) is 6.15. The van der Waals surface area contributed by atoms with Crippen molar-refractivity contribution in [2.75, 3.05) is 25.5 Å². The minimum Gasteiger partial charge on any atom is -0.485 e. The fourth-order valence-corrected chi connectivity index (χ4v) is 2.71. The molecule has 0 saturated carbocycles. The number of carbonyl (C=O) groups is 2. The van der Waals surface area contributed by atoms with E-state index in [4.69, 9.17) is 9.47 Å². The van der Waals surface area contributed by atoms with Gasteiger partial charge in [0.25, 0.3) is 5.91 Å². The first kappa shape index (κ1) is 19.5. The van der Waals surface area contributed by atoms with Crippen LogP contribution in [0.15, 0.2) is 48.5 Å². The largest absolute Gasteiger partial charge is 0.485 e. The standard InChI is InChI=1S/C19H17F3N2O4/c1-24(18(26)16-11-27-14-8-4-5-9-15(14)28-16)10-17(25)23-13-7-3-2-6-12(13)19(20,21)22/h2-9,16H,10-11H2,1H3,(H,23,25)/t16-/m1/s1. The highest BCUT2D eigenvalue weighted by Gasteiger charge is 2.34. The van der Waals surface area contributed by atoms with E-state index >= 15 is 0 Å². The Kier molecular flexibility index (Phi) is 5.43. The van der Waals surface area contributed by atoms with Crippen molar-refractivity contribution in [1.82, 2.24) is 4.90 Å². The number of anilines is 1. The van der Waals surface area contributed by atoms with E-state index in [1.807, 2.05) is 0 Å². The number of nitrogens with one attached hydrogen (secondary N) is 1. The third-order valence-corrected chi connectivity index (χ3v) is 4.05. The summed E-state index contributed by atoms with van der Waals surface area (Å²) in [6, 6.07) is 11.5. The van der Waals surface area contributed by atoms with E-state index < -0.39 is 36.2 Å². The Balaban J connectivity index is 1.61.